The molecule has 1 rings (SSSR count). The minimum atomic E-state index is -2.65. The molecule has 0 aliphatic carbocycles. The first-order valence-electron chi connectivity index (χ1n) is 5.17. The van der Waals surface area contributed by atoms with Crippen LogP contribution in [0.1, 0.15) is 30.2 Å². The van der Waals surface area contributed by atoms with Gasteiger partial charge in [0.15, 0.2) is 0 Å². The fraction of sp³-hybridized carbons (Fsp3) is 0.455. The van der Waals surface area contributed by atoms with E-state index < -0.39 is 12.4 Å². The molecular weight excluding hydrogens is 331 g/mol. The van der Waals surface area contributed by atoms with E-state index in [4.69, 9.17) is 16.3 Å². The van der Waals surface area contributed by atoms with Crippen molar-refractivity contribution >= 4 is 33.5 Å². The van der Waals surface area contributed by atoms with Crippen LogP contribution in [0.3, 0.4) is 0 Å². The first kappa shape index (κ1) is 15.3. The van der Waals surface area contributed by atoms with Crippen LogP contribution in [0.15, 0.2) is 10.7 Å². The van der Waals surface area contributed by atoms with Crippen LogP contribution in [-0.2, 0) is 21.8 Å². The van der Waals surface area contributed by atoms with Gasteiger partial charge in [-0.25, -0.2) is 8.78 Å². The van der Waals surface area contributed by atoms with Crippen LogP contribution in [0.5, 0.6) is 0 Å². The first-order valence-corrected chi connectivity index (χ1v) is 6.49. The highest BCUT2D eigenvalue weighted by Gasteiger charge is 2.19. The largest absolute Gasteiger partial charge is 0.466 e. The monoisotopic (exact) mass is 341 g/mol. The Kier molecular flexibility index (Phi) is 5.95. The van der Waals surface area contributed by atoms with Crippen molar-refractivity contribution in [2.24, 2.45) is 0 Å². The van der Waals surface area contributed by atoms with Gasteiger partial charge in [-0.2, -0.15) is 0 Å². The molecule has 1 aromatic rings. The zero-order valence-electron chi connectivity index (χ0n) is 9.55. The van der Waals surface area contributed by atoms with Crippen LogP contribution >= 0.6 is 27.5 Å². The number of alkyl halides is 3. The van der Waals surface area contributed by atoms with Crippen molar-refractivity contribution in [3.8, 4) is 0 Å². The van der Waals surface area contributed by atoms with Gasteiger partial charge in [0.05, 0.1) is 30.2 Å². The molecule has 0 aromatic carbocycles. The highest BCUT2D eigenvalue weighted by atomic mass is 79.9. The van der Waals surface area contributed by atoms with Gasteiger partial charge in [0.1, 0.15) is 0 Å². The molecule has 0 N–H and O–H groups in total. The summed E-state index contributed by atoms with van der Waals surface area (Å²) in [4.78, 5) is 15.2. The number of aromatic nitrogens is 1. The summed E-state index contributed by atoms with van der Waals surface area (Å²) in [6, 6.07) is 0. The van der Waals surface area contributed by atoms with Crippen molar-refractivity contribution in [3.05, 3.63) is 27.5 Å². The van der Waals surface area contributed by atoms with Crippen molar-refractivity contribution < 1.29 is 18.3 Å². The second kappa shape index (κ2) is 6.99. The Labute approximate surface area is 117 Å². The van der Waals surface area contributed by atoms with Crippen molar-refractivity contribution in [1.82, 2.24) is 4.98 Å². The van der Waals surface area contributed by atoms with E-state index in [-0.39, 0.29) is 28.9 Å². The minimum absolute atomic E-state index is 0.0110. The van der Waals surface area contributed by atoms with Crippen LogP contribution in [0, 0.1) is 0 Å². The SMILES string of the molecule is CCOC(=O)Cc1ncc(C(F)F)c(Br)c1CCl. The second-order valence-corrected chi connectivity index (χ2v) is 4.43. The van der Waals surface area contributed by atoms with E-state index in [0.717, 1.165) is 6.20 Å². The summed E-state index contributed by atoms with van der Waals surface area (Å²) < 4.78 is 30.3. The molecule has 3 nitrogen and oxygen atoms in total. The third kappa shape index (κ3) is 3.62. The van der Waals surface area contributed by atoms with Crippen LogP contribution in [0.2, 0.25) is 0 Å². The number of carbonyl (C=O) groups excluding carboxylic acids is 1. The summed E-state index contributed by atoms with van der Waals surface area (Å²) in [6.07, 6.45) is -1.69. The molecule has 0 saturated heterocycles. The molecule has 0 bridgehead atoms. The summed E-state index contributed by atoms with van der Waals surface area (Å²) in [5.41, 5.74) is 0.500. The summed E-state index contributed by atoms with van der Waals surface area (Å²) >= 11 is 8.77. The average molecular weight is 343 g/mol. The van der Waals surface area contributed by atoms with Gasteiger partial charge in [-0.05, 0) is 22.9 Å². The van der Waals surface area contributed by atoms with Crippen molar-refractivity contribution in [2.45, 2.75) is 25.7 Å². The molecule has 0 fully saturated rings. The third-order valence-electron chi connectivity index (χ3n) is 2.21. The quantitative estimate of drug-likeness (QED) is 0.606. The molecule has 0 unspecified atom stereocenters. The van der Waals surface area contributed by atoms with Gasteiger partial charge < -0.3 is 4.74 Å². The lowest BCUT2D eigenvalue weighted by molar-refractivity contribution is -0.142. The molecule has 0 saturated carbocycles. The van der Waals surface area contributed by atoms with Gasteiger partial charge in [0.25, 0.3) is 6.43 Å². The number of esters is 1. The lowest BCUT2D eigenvalue weighted by atomic mass is 10.1. The number of carbonyl (C=O) groups is 1. The maximum atomic E-state index is 12.7. The topological polar surface area (TPSA) is 39.2 Å². The van der Waals surface area contributed by atoms with Gasteiger partial charge in [0.2, 0.25) is 0 Å². The van der Waals surface area contributed by atoms with Gasteiger partial charge in [-0.3, -0.25) is 9.78 Å². The van der Waals surface area contributed by atoms with Crippen LogP contribution in [0.4, 0.5) is 8.78 Å². The predicted molar refractivity (Wildman–Crippen MR) is 66.8 cm³/mol. The zero-order chi connectivity index (χ0) is 13.7. The normalized spacial score (nSPS) is 10.8. The Bertz CT molecular complexity index is 443. The van der Waals surface area contributed by atoms with Crippen molar-refractivity contribution in [3.63, 3.8) is 0 Å². The fourth-order valence-corrected chi connectivity index (χ4v) is 2.47. The number of ether oxygens (including phenoxy) is 1. The molecule has 1 aromatic heterocycles. The second-order valence-electron chi connectivity index (χ2n) is 3.37. The molecule has 0 aliphatic heterocycles. The fourth-order valence-electron chi connectivity index (χ4n) is 1.37. The molecular formula is C11H11BrClF2NO2. The van der Waals surface area contributed by atoms with Gasteiger partial charge >= 0.3 is 5.97 Å². The van der Waals surface area contributed by atoms with Crippen LogP contribution in [0.25, 0.3) is 0 Å². The molecule has 0 spiro atoms. The molecule has 0 radical (unpaired) electrons. The molecule has 1 heterocycles. The van der Waals surface area contributed by atoms with Crippen molar-refractivity contribution in [1.29, 1.82) is 0 Å². The number of nitrogens with zero attached hydrogens (tertiary/aromatic N) is 1. The molecule has 0 amide bonds. The summed E-state index contributed by atoms with van der Waals surface area (Å²) in [6.45, 7) is 1.94. The minimum Gasteiger partial charge on any atom is -0.466 e. The van der Waals surface area contributed by atoms with E-state index in [1.54, 1.807) is 6.92 Å². The highest BCUT2D eigenvalue weighted by molar-refractivity contribution is 9.10. The number of pyridine rings is 1. The summed E-state index contributed by atoms with van der Waals surface area (Å²) in [5.74, 6) is -0.476. The number of hydrogen-bond acceptors (Lipinski definition) is 3. The van der Waals surface area contributed by atoms with Crippen LogP contribution < -0.4 is 0 Å². The lowest BCUT2D eigenvalue weighted by Crippen LogP contribution is -2.11. The Morgan fingerprint density at radius 1 is 1.61 bits per heavy atom. The number of rotatable bonds is 5. The van der Waals surface area contributed by atoms with Crippen LogP contribution in [-0.4, -0.2) is 17.6 Å². The molecule has 0 aliphatic rings. The first-order chi connectivity index (χ1) is 8.51. The number of halogens is 4. The maximum Gasteiger partial charge on any atom is 0.311 e. The third-order valence-corrected chi connectivity index (χ3v) is 3.42. The summed E-state index contributed by atoms with van der Waals surface area (Å²) in [7, 11) is 0. The molecule has 18 heavy (non-hydrogen) atoms. The smallest absolute Gasteiger partial charge is 0.311 e. The van der Waals surface area contributed by atoms with E-state index in [1.807, 2.05) is 0 Å². The van der Waals surface area contributed by atoms with E-state index in [0.29, 0.717) is 11.3 Å². The Morgan fingerprint density at radius 2 is 2.28 bits per heavy atom. The van der Waals surface area contributed by atoms with Gasteiger partial charge in [0, 0.05) is 16.2 Å². The summed E-state index contributed by atoms with van der Waals surface area (Å²) in [5, 5.41) is 0. The Balaban J connectivity index is 3.07. The zero-order valence-corrected chi connectivity index (χ0v) is 11.9. The highest BCUT2D eigenvalue weighted by Crippen LogP contribution is 2.32. The van der Waals surface area contributed by atoms with Gasteiger partial charge in [-0.1, -0.05) is 0 Å². The number of hydrogen-bond donors (Lipinski definition) is 0. The Morgan fingerprint density at radius 3 is 2.78 bits per heavy atom. The van der Waals surface area contributed by atoms with E-state index in [2.05, 4.69) is 20.9 Å². The molecule has 0 atom stereocenters. The average Bonchev–Trinajstić information content (AvgIpc) is 2.29. The predicted octanol–water partition coefficient (Wildman–Crippen LogP) is 3.63. The lowest BCUT2D eigenvalue weighted by Gasteiger charge is -2.11. The van der Waals surface area contributed by atoms with Crippen molar-refractivity contribution in [2.75, 3.05) is 6.61 Å². The molecule has 7 heteroatoms. The van der Waals surface area contributed by atoms with E-state index >= 15 is 0 Å². The Hall–Kier alpha value is -0.750. The maximum absolute atomic E-state index is 12.7. The van der Waals surface area contributed by atoms with E-state index in [1.165, 1.54) is 0 Å². The standard InChI is InChI=1S/C11H11BrClF2NO2/c1-2-18-9(17)3-8-6(4-13)10(12)7(5-16-8)11(14)15/h5,11H,2-4H2,1H3. The molecule has 100 valence electrons. The van der Waals surface area contributed by atoms with E-state index in [9.17, 15) is 13.6 Å². The van der Waals surface area contributed by atoms with Gasteiger partial charge in [-0.15, -0.1) is 11.6 Å².